The van der Waals surface area contributed by atoms with E-state index in [1.165, 1.54) is 31.2 Å². The van der Waals surface area contributed by atoms with E-state index >= 15 is 0 Å². The normalized spacial score (nSPS) is 10.3. The summed E-state index contributed by atoms with van der Waals surface area (Å²) in [5, 5.41) is 0. The Bertz CT molecular complexity index is 303. The van der Waals surface area contributed by atoms with Gasteiger partial charge in [0.05, 0.1) is 0 Å². The highest BCUT2D eigenvalue weighted by molar-refractivity contribution is 14.1. The van der Waals surface area contributed by atoms with Crippen molar-refractivity contribution in [1.29, 1.82) is 0 Å². The number of hydrogen-bond donors (Lipinski definition) is 0. The van der Waals surface area contributed by atoms with E-state index in [4.69, 9.17) is 0 Å². The highest BCUT2D eigenvalue weighted by atomic mass is 127. The molecule has 1 aromatic carbocycles. The number of carbonyl (C=O) groups excluding carboxylic acids is 1. The number of halogens is 1. The zero-order valence-electron chi connectivity index (χ0n) is 9.13. The zero-order valence-corrected chi connectivity index (χ0v) is 11.3. The van der Waals surface area contributed by atoms with Crippen LogP contribution in [0.4, 0.5) is 0 Å². The summed E-state index contributed by atoms with van der Waals surface area (Å²) in [4.78, 5) is 11.0. The third-order valence-corrected chi connectivity index (χ3v) is 3.12. The molecule has 1 aromatic rings. The predicted molar refractivity (Wildman–Crippen MR) is 72.6 cm³/mol. The van der Waals surface area contributed by atoms with Crippen molar-refractivity contribution in [1.82, 2.24) is 0 Å². The Balaban J connectivity index is 2.39. The lowest BCUT2D eigenvalue weighted by molar-refractivity contribution is 0.110. The van der Waals surface area contributed by atoms with Gasteiger partial charge in [0.2, 0.25) is 3.79 Å². The van der Waals surface area contributed by atoms with E-state index in [1.54, 1.807) is 0 Å². The zero-order chi connectivity index (χ0) is 11.1. The first-order valence-corrected chi connectivity index (χ1v) is 6.60. The van der Waals surface area contributed by atoms with Gasteiger partial charge in [-0.05, 0) is 18.4 Å². The van der Waals surface area contributed by atoms with Gasteiger partial charge in [-0.25, -0.2) is 0 Å². The van der Waals surface area contributed by atoms with Crippen molar-refractivity contribution in [2.75, 3.05) is 0 Å². The molecule has 82 valence electrons. The Kier molecular flexibility index (Phi) is 5.91. The van der Waals surface area contributed by atoms with E-state index < -0.39 is 0 Å². The molecule has 0 radical (unpaired) electrons. The van der Waals surface area contributed by atoms with Gasteiger partial charge in [-0.1, -0.05) is 50.5 Å². The first-order valence-electron chi connectivity index (χ1n) is 5.53. The second-order valence-corrected chi connectivity index (χ2v) is 4.76. The van der Waals surface area contributed by atoms with E-state index in [9.17, 15) is 4.79 Å². The minimum absolute atomic E-state index is 0.116. The van der Waals surface area contributed by atoms with Gasteiger partial charge in [0, 0.05) is 28.2 Å². The molecule has 0 aliphatic rings. The first kappa shape index (κ1) is 12.7. The molecule has 0 aliphatic heterocycles. The summed E-state index contributed by atoms with van der Waals surface area (Å²) >= 11 is 1.82. The van der Waals surface area contributed by atoms with E-state index in [2.05, 4.69) is 19.1 Å². The molecule has 0 saturated heterocycles. The molecular formula is C13H17IO. The van der Waals surface area contributed by atoms with Crippen LogP contribution in [0.15, 0.2) is 24.3 Å². The third-order valence-electron chi connectivity index (χ3n) is 2.50. The van der Waals surface area contributed by atoms with Crippen LogP contribution < -0.4 is 0 Å². The Morgan fingerprint density at radius 3 is 2.33 bits per heavy atom. The van der Waals surface area contributed by atoms with E-state index in [0.29, 0.717) is 0 Å². The van der Waals surface area contributed by atoms with Crippen LogP contribution in [0.25, 0.3) is 0 Å². The summed E-state index contributed by atoms with van der Waals surface area (Å²) < 4.78 is 0.116. The second kappa shape index (κ2) is 6.99. The Hall–Kier alpha value is -0.380. The quantitative estimate of drug-likeness (QED) is 0.432. The molecule has 1 nitrogen and oxygen atoms in total. The van der Waals surface area contributed by atoms with Crippen LogP contribution in [0, 0.1) is 0 Å². The SMILES string of the molecule is CCCCCCc1ccc(C(=O)I)cc1. The molecule has 1 rings (SSSR count). The van der Waals surface area contributed by atoms with Crippen molar-refractivity contribution in [3.8, 4) is 0 Å². The van der Waals surface area contributed by atoms with Crippen molar-refractivity contribution in [2.24, 2.45) is 0 Å². The molecule has 0 saturated carbocycles. The molecule has 0 amide bonds. The molecule has 0 aromatic heterocycles. The molecule has 0 bridgehead atoms. The number of carbonyl (C=O) groups is 1. The van der Waals surface area contributed by atoms with Crippen LogP contribution in [0.5, 0.6) is 0 Å². The standard InChI is InChI=1S/C13H17IO/c1-2-3-4-5-6-11-7-9-12(10-8-11)13(14)15/h7-10H,2-6H2,1H3. The van der Waals surface area contributed by atoms with Gasteiger partial charge >= 0.3 is 0 Å². The molecule has 0 aliphatic carbocycles. The summed E-state index contributed by atoms with van der Waals surface area (Å²) in [6, 6.07) is 7.98. The minimum Gasteiger partial charge on any atom is -0.282 e. The van der Waals surface area contributed by atoms with Crippen LogP contribution in [0.3, 0.4) is 0 Å². The van der Waals surface area contributed by atoms with Crippen molar-refractivity contribution >= 4 is 26.4 Å². The van der Waals surface area contributed by atoms with Crippen molar-refractivity contribution < 1.29 is 4.79 Å². The van der Waals surface area contributed by atoms with Gasteiger partial charge in [0.15, 0.2) is 0 Å². The third kappa shape index (κ3) is 4.78. The first-order chi connectivity index (χ1) is 7.24. The highest BCUT2D eigenvalue weighted by Gasteiger charge is 2.00. The molecular weight excluding hydrogens is 299 g/mol. The smallest absolute Gasteiger partial charge is 0.222 e. The molecule has 0 spiro atoms. The fourth-order valence-electron chi connectivity index (χ4n) is 1.56. The van der Waals surface area contributed by atoms with Crippen LogP contribution in [0.1, 0.15) is 48.5 Å². The molecule has 0 N–H and O–H groups in total. The number of aryl methyl sites for hydroxylation is 1. The number of rotatable bonds is 6. The largest absolute Gasteiger partial charge is 0.282 e. The molecule has 2 heteroatoms. The number of benzene rings is 1. The van der Waals surface area contributed by atoms with Crippen LogP contribution in [0.2, 0.25) is 0 Å². The lowest BCUT2D eigenvalue weighted by Crippen LogP contribution is -1.90. The Morgan fingerprint density at radius 1 is 1.13 bits per heavy atom. The number of unbranched alkanes of at least 4 members (excludes halogenated alkanes) is 3. The van der Waals surface area contributed by atoms with Crippen molar-refractivity contribution in [2.45, 2.75) is 39.0 Å². The van der Waals surface area contributed by atoms with Crippen LogP contribution in [-0.4, -0.2) is 3.79 Å². The Morgan fingerprint density at radius 2 is 1.80 bits per heavy atom. The maximum atomic E-state index is 11.0. The molecule has 0 fully saturated rings. The van der Waals surface area contributed by atoms with Crippen molar-refractivity contribution in [3.05, 3.63) is 35.4 Å². The Labute approximate surface area is 105 Å². The fourth-order valence-corrected chi connectivity index (χ4v) is 1.92. The average Bonchev–Trinajstić information content (AvgIpc) is 2.25. The monoisotopic (exact) mass is 316 g/mol. The molecule has 0 heterocycles. The van der Waals surface area contributed by atoms with Gasteiger partial charge < -0.3 is 0 Å². The van der Waals surface area contributed by atoms with Gasteiger partial charge in [-0.15, -0.1) is 0 Å². The average molecular weight is 316 g/mol. The van der Waals surface area contributed by atoms with Crippen LogP contribution >= 0.6 is 22.6 Å². The lowest BCUT2D eigenvalue weighted by Gasteiger charge is -2.01. The minimum atomic E-state index is 0.116. The maximum Gasteiger partial charge on any atom is 0.222 e. The second-order valence-electron chi connectivity index (χ2n) is 3.78. The van der Waals surface area contributed by atoms with Crippen molar-refractivity contribution in [3.63, 3.8) is 0 Å². The molecule has 15 heavy (non-hydrogen) atoms. The van der Waals surface area contributed by atoms with Gasteiger partial charge in [0.1, 0.15) is 0 Å². The summed E-state index contributed by atoms with van der Waals surface area (Å²) in [5.41, 5.74) is 2.14. The summed E-state index contributed by atoms with van der Waals surface area (Å²) in [6.07, 6.45) is 6.30. The summed E-state index contributed by atoms with van der Waals surface area (Å²) in [6.45, 7) is 2.22. The van der Waals surface area contributed by atoms with E-state index in [0.717, 1.165) is 12.0 Å². The topological polar surface area (TPSA) is 17.1 Å². The molecule has 0 unspecified atom stereocenters. The lowest BCUT2D eigenvalue weighted by atomic mass is 10.1. The highest BCUT2D eigenvalue weighted by Crippen LogP contribution is 2.11. The van der Waals surface area contributed by atoms with Gasteiger partial charge in [0.25, 0.3) is 0 Å². The van der Waals surface area contributed by atoms with Gasteiger partial charge in [-0.3, -0.25) is 4.79 Å². The van der Waals surface area contributed by atoms with E-state index in [1.807, 2.05) is 34.7 Å². The van der Waals surface area contributed by atoms with E-state index in [-0.39, 0.29) is 3.79 Å². The fraction of sp³-hybridized carbons (Fsp3) is 0.462. The number of hydrogen-bond acceptors (Lipinski definition) is 1. The molecule has 0 atom stereocenters. The van der Waals surface area contributed by atoms with Gasteiger partial charge in [-0.2, -0.15) is 0 Å². The maximum absolute atomic E-state index is 11.0. The predicted octanol–water partition coefficient (Wildman–Crippen LogP) is 4.38. The van der Waals surface area contributed by atoms with Crippen LogP contribution in [-0.2, 0) is 6.42 Å². The summed E-state index contributed by atoms with van der Waals surface area (Å²) in [7, 11) is 0. The summed E-state index contributed by atoms with van der Waals surface area (Å²) in [5.74, 6) is 0.